The van der Waals surface area contributed by atoms with Gasteiger partial charge < -0.3 is 9.64 Å². The summed E-state index contributed by atoms with van der Waals surface area (Å²) in [6.45, 7) is 3.88. The Morgan fingerprint density at radius 1 is 1.19 bits per heavy atom. The molecule has 0 saturated carbocycles. The van der Waals surface area contributed by atoms with E-state index in [0.717, 1.165) is 16.9 Å². The Bertz CT molecular complexity index is 902. The SMILES string of the molecule is CCOc1ccccc1-c1cccc(C(=O)N2CC(n3ccnn3)C2)c1. The summed E-state index contributed by atoms with van der Waals surface area (Å²) in [7, 11) is 0. The van der Waals surface area contributed by atoms with E-state index in [1.54, 1.807) is 10.9 Å². The van der Waals surface area contributed by atoms with Crippen molar-refractivity contribution in [2.45, 2.75) is 13.0 Å². The zero-order valence-corrected chi connectivity index (χ0v) is 14.6. The molecule has 3 aromatic rings. The van der Waals surface area contributed by atoms with Crippen molar-refractivity contribution in [3.05, 3.63) is 66.5 Å². The van der Waals surface area contributed by atoms with E-state index in [0.29, 0.717) is 25.3 Å². The second-order valence-electron chi connectivity index (χ2n) is 6.26. The van der Waals surface area contributed by atoms with Crippen LogP contribution in [0.4, 0.5) is 0 Å². The zero-order valence-electron chi connectivity index (χ0n) is 14.6. The van der Waals surface area contributed by atoms with Crippen LogP contribution in [0.25, 0.3) is 11.1 Å². The van der Waals surface area contributed by atoms with Crippen molar-refractivity contribution < 1.29 is 9.53 Å². The van der Waals surface area contributed by atoms with Crippen LogP contribution in [0, 0.1) is 0 Å². The predicted molar refractivity (Wildman–Crippen MR) is 98.0 cm³/mol. The quantitative estimate of drug-likeness (QED) is 0.711. The summed E-state index contributed by atoms with van der Waals surface area (Å²) >= 11 is 0. The number of amides is 1. The van der Waals surface area contributed by atoms with Crippen molar-refractivity contribution in [1.82, 2.24) is 19.9 Å². The van der Waals surface area contributed by atoms with Gasteiger partial charge in [0.05, 0.1) is 18.8 Å². The Balaban J connectivity index is 1.52. The van der Waals surface area contributed by atoms with Crippen molar-refractivity contribution in [2.75, 3.05) is 19.7 Å². The monoisotopic (exact) mass is 348 g/mol. The molecule has 0 aliphatic carbocycles. The molecule has 6 nitrogen and oxygen atoms in total. The minimum Gasteiger partial charge on any atom is -0.493 e. The topological polar surface area (TPSA) is 60.2 Å². The summed E-state index contributed by atoms with van der Waals surface area (Å²) in [6, 6.07) is 15.8. The fourth-order valence-electron chi connectivity index (χ4n) is 3.19. The number of carbonyl (C=O) groups excluding carboxylic acids is 1. The third kappa shape index (κ3) is 3.06. The summed E-state index contributed by atoms with van der Waals surface area (Å²) < 4.78 is 7.52. The molecule has 1 amide bonds. The van der Waals surface area contributed by atoms with Crippen molar-refractivity contribution in [3.8, 4) is 16.9 Å². The zero-order chi connectivity index (χ0) is 17.9. The summed E-state index contributed by atoms with van der Waals surface area (Å²) in [4.78, 5) is 14.6. The molecule has 1 aliphatic rings. The van der Waals surface area contributed by atoms with Gasteiger partial charge >= 0.3 is 0 Å². The number of likely N-dealkylation sites (tertiary alicyclic amines) is 1. The first kappa shape index (κ1) is 16.3. The number of para-hydroxylation sites is 1. The molecule has 1 saturated heterocycles. The maximum atomic E-state index is 12.8. The van der Waals surface area contributed by atoms with Crippen LogP contribution < -0.4 is 4.74 Å². The van der Waals surface area contributed by atoms with Gasteiger partial charge in [-0.3, -0.25) is 4.79 Å². The third-order valence-electron chi connectivity index (χ3n) is 4.57. The van der Waals surface area contributed by atoms with Crippen LogP contribution in [-0.4, -0.2) is 45.5 Å². The molecule has 4 rings (SSSR count). The second kappa shape index (κ2) is 7.00. The average Bonchev–Trinajstić information content (AvgIpc) is 3.15. The highest BCUT2D eigenvalue weighted by atomic mass is 16.5. The number of aromatic nitrogens is 3. The van der Waals surface area contributed by atoms with E-state index in [1.807, 2.05) is 66.6 Å². The minimum absolute atomic E-state index is 0.0390. The first-order valence-electron chi connectivity index (χ1n) is 8.73. The lowest BCUT2D eigenvalue weighted by Gasteiger charge is -2.38. The smallest absolute Gasteiger partial charge is 0.254 e. The van der Waals surface area contributed by atoms with Gasteiger partial charge in [-0.15, -0.1) is 5.10 Å². The number of hydrogen-bond donors (Lipinski definition) is 0. The highest BCUT2D eigenvalue weighted by molar-refractivity contribution is 5.96. The first-order chi connectivity index (χ1) is 12.8. The standard InChI is InChI=1S/C20H20N4O2/c1-2-26-19-9-4-3-8-18(19)15-6-5-7-16(12-15)20(25)23-13-17(14-23)24-11-10-21-22-24/h3-12,17H,2,13-14H2,1H3. The lowest BCUT2D eigenvalue weighted by molar-refractivity contribution is 0.0498. The second-order valence-corrected chi connectivity index (χ2v) is 6.26. The molecule has 6 heteroatoms. The highest BCUT2D eigenvalue weighted by Gasteiger charge is 2.33. The van der Waals surface area contributed by atoms with E-state index in [-0.39, 0.29) is 11.9 Å². The summed E-state index contributed by atoms with van der Waals surface area (Å²) in [5.74, 6) is 0.868. The molecule has 0 atom stereocenters. The largest absolute Gasteiger partial charge is 0.493 e. The van der Waals surface area contributed by atoms with Gasteiger partial charge in [0.1, 0.15) is 5.75 Å². The molecule has 2 heterocycles. The molecule has 26 heavy (non-hydrogen) atoms. The molecule has 0 radical (unpaired) electrons. The minimum atomic E-state index is 0.0390. The normalized spacial score (nSPS) is 14.1. The lowest BCUT2D eigenvalue weighted by atomic mass is 10.0. The molecule has 132 valence electrons. The number of benzene rings is 2. The van der Waals surface area contributed by atoms with Crippen molar-refractivity contribution in [2.24, 2.45) is 0 Å². The Labute approximate surface area is 152 Å². The number of ether oxygens (including phenoxy) is 1. The first-order valence-corrected chi connectivity index (χ1v) is 8.73. The molecule has 0 N–H and O–H groups in total. The number of rotatable bonds is 5. The molecule has 1 aliphatic heterocycles. The maximum Gasteiger partial charge on any atom is 0.254 e. The molecular weight excluding hydrogens is 328 g/mol. The van der Waals surface area contributed by atoms with Gasteiger partial charge in [0, 0.05) is 30.4 Å². The number of nitrogens with zero attached hydrogens (tertiary/aromatic N) is 4. The van der Waals surface area contributed by atoms with Gasteiger partial charge in [0.25, 0.3) is 5.91 Å². The van der Waals surface area contributed by atoms with Gasteiger partial charge in [0.15, 0.2) is 0 Å². The molecular formula is C20H20N4O2. The number of hydrogen-bond acceptors (Lipinski definition) is 4. The lowest BCUT2D eigenvalue weighted by Crippen LogP contribution is -2.50. The predicted octanol–water partition coefficient (Wildman–Crippen LogP) is 3.04. The van der Waals surface area contributed by atoms with Gasteiger partial charge in [-0.2, -0.15) is 0 Å². The van der Waals surface area contributed by atoms with Crippen molar-refractivity contribution in [1.29, 1.82) is 0 Å². The van der Waals surface area contributed by atoms with Crippen LogP contribution in [0.2, 0.25) is 0 Å². The molecule has 1 aromatic heterocycles. The van der Waals surface area contributed by atoms with Crippen LogP contribution in [0.1, 0.15) is 23.3 Å². The molecule has 2 aromatic carbocycles. The van der Waals surface area contributed by atoms with Crippen molar-refractivity contribution >= 4 is 5.91 Å². The Morgan fingerprint density at radius 2 is 2.04 bits per heavy atom. The Hall–Kier alpha value is -3.15. The van der Waals surface area contributed by atoms with Crippen LogP contribution >= 0.6 is 0 Å². The highest BCUT2D eigenvalue weighted by Crippen LogP contribution is 2.31. The molecule has 1 fully saturated rings. The Morgan fingerprint density at radius 3 is 2.81 bits per heavy atom. The summed E-state index contributed by atoms with van der Waals surface area (Å²) in [5.41, 5.74) is 2.66. The number of carbonyl (C=O) groups is 1. The third-order valence-corrected chi connectivity index (χ3v) is 4.57. The van der Waals surface area contributed by atoms with Crippen LogP contribution in [-0.2, 0) is 0 Å². The molecule has 0 bridgehead atoms. The fraction of sp³-hybridized carbons (Fsp3) is 0.250. The van der Waals surface area contributed by atoms with Crippen LogP contribution in [0.15, 0.2) is 60.9 Å². The van der Waals surface area contributed by atoms with E-state index in [1.165, 1.54) is 0 Å². The van der Waals surface area contributed by atoms with E-state index in [2.05, 4.69) is 10.3 Å². The van der Waals surface area contributed by atoms with Gasteiger partial charge in [-0.05, 0) is 30.7 Å². The van der Waals surface area contributed by atoms with E-state index >= 15 is 0 Å². The van der Waals surface area contributed by atoms with Crippen LogP contribution in [0.3, 0.4) is 0 Å². The van der Waals surface area contributed by atoms with E-state index in [9.17, 15) is 4.79 Å². The van der Waals surface area contributed by atoms with E-state index < -0.39 is 0 Å². The summed E-state index contributed by atoms with van der Waals surface area (Å²) in [6.07, 6.45) is 3.49. The Kier molecular flexibility index (Phi) is 4.39. The molecule has 0 spiro atoms. The molecule has 0 unspecified atom stereocenters. The summed E-state index contributed by atoms with van der Waals surface area (Å²) in [5, 5.41) is 7.82. The van der Waals surface area contributed by atoms with Crippen LogP contribution in [0.5, 0.6) is 5.75 Å². The average molecular weight is 348 g/mol. The fourth-order valence-corrected chi connectivity index (χ4v) is 3.19. The van der Waals surface area contributed by atoms with Crippen molar-refractivity contribution in [3.63, 3.8) is 0 Å². The van der Waals surface area contributed by atoms with Gasteiger partial charge in [-0.1, -0.05) is 35.5 Å². The maximum absolute atomic E-state index is 12.8. The van der Waals surface area contributed by atoms with E-state index in [4.69, 9.17) is 4.74 Å². The van der Waals surface area contributed by atoms with Gasteiger partial charge in [-0.25, -0.2) is 4.68 Å². The van der Waals surface area contributed by atoms with Gasteiger partial charge in [0.2, 0.25) is 0 Å².